The van der Waals surface area contributed by atoms with Gasteiger partial charge in [-0.05, 0) is 48.6 Å². The number of carbonyl (C=O) groups excluding carboxylic acids is 2. The second-order valence-corrected chi connectivity index (χ2v) is 10.3. The molecule has 1 aliphatic rings. The van der Waals surface area contributed by atoms with E-state index in [1.165, 1.54) is 11.1 Å². The smallest absolute Gasteiger partial charge is 0.411 e. The molecule has 40 heavy (non-hydrogen) atoms. The Morgan fingerprint density at radius 3 is 2.33 bits per heavy atom. The molecule has 0 saturated carbocycles. The lowest BCUT2D eigenvalue weighted by atomic mass is 10.0. The Morgan fingerprint density at radius 2 is 1.57 bits per heavy atom. The predicted octanol–water partition coefficient (Wildman–Crippen LogP) is 5.27. The number of likely N-dealkylation sites (tertiary alicyclic amines) is 1. The largest absolute Gasteiger partial charge is 0.446 e. The van der Waals surface area contributed by atoms with Crippen molar-refractivity contribution in [2.45, 2.75) is 45.3 Å². The number of nitrogens with zero attached hydrogens (tertiary/aromatic N) is 1. The number of ether oxygens (including phenoxy) is 1. The first kappa shape index (κ1) is 29.5. The van der Waals surface area contributed by atoms with E-state index in [0.717, 1.165) is 75.3 Å². The summed E-state index contributed by atoms with van der Waals surface area (Å²) in [6.45, 7) is 7.74. The quantitative estimate of drug-likeness (QED) is 0.241. The number of nitrogens with one attached hydrogen (secondary N) is 3. The molecule has 7 nitrogen and oxygen atoms in total. The molecule has 3 aromatic rings. The van der Waals surface area contributed by atoms with E-state index in [4.69, 9.17) is 4.74 Å². The van der Waals surface area contributed by atoms with Gasteiger partial charge in [0.1, 0.15) is 11.9 Å². The summed E-state index contributed by atoms with van der Waals surface area (Å²) in [6, 6.07) is 26.3. The Labute approximate surface area is 238 Å². The van der Waals surface area contributed by atoms with Crippen LogP contribution >= 0.6 is 0 Å². The topological polar surface area (TPSA) is 82.7 Å². The van der Waals surface area contributed by atoms with Crippen LogP contribution in [-0.4, -0.2) is 62.1 Å². The zero-order valence-corrected chi connectivity index (χ0v) is 23.5. The summed E-state index contributed by atoms with van der Waals surface area (Å²) in [5.41, 5.74) is 5.23. The molecule has 7 heteroatoms. The molecule has 212 valence electrons. The van der Waals surface area contributed by atoms with Gasteiger partial charge in [-0.25, -0.2) is 4.79 Å². The summed E-state index contributed by atoms with van der Waals surface area (Å²) < 4.78 is 5.74. The van der Waals surface area contributed by atoms with E-state index < -0.39 is 6.09 Å². The fraction of sp³-hybridized carbons (Fsp3) is 0.394. The summed E-state index contributed by atoms with van der Waals surface area (Å²) in [6.07, 6.45) is 2.44. The maximum Gasteiger partial charge on any atom is 0.411 e. The molecule has 0 aromatic heterocycles. The average Bonchev–Trinajstić information content (AvgIpc) is 2.99. The van der Waals surface area contributed by atoms with Gasteiger partial charge in [0.15, 0.2) is 0 Å². The van der Waals surface area contributed by atoms with E-state index >= 15 is 0 Å². The molecule has 3 aromatic carbocycles. The number of amides is 1. The molecule has 4 rings (SSSR count). The van der Waals surface area contributed by atoms with Crippen LogP contribution in [0.25, 0.3) is 11.1 Å². The molecular formula is C33H42N4O3. The molecule has 0 bridgehead atoms. The molecule has 0 spiro atoms. The lowest BCUT2D eigenvalue weighted by molar-refractivity contribution is -0.118. The number of ketones is 1. The van der Waals surface area contributed by atoms with Crippen molar-refractivity contribution in [3.8, 4) is 11.1 Å². The van der Waals surface area contributed by atoms with Gasteiger partial charge < -0.3 is 20.3 Å². The lowest BCUT2D eigenvalue weighted by Crippen LogP contribution is -2.42. The minimum absolute atomic E-state index is 0.0911. The normalized spacial score (nSPS) is 14.1. The average molecular weight is 543 g/mol. The molecule has 3 N–H and O–H groups in total. The first-order valence-electron chi connectivity index (χ1n) is 14.5. The van der Waals surface area contributed by atoms with Gasteiger partial charge in [-0.3, -0.25) is 10.1 Å². The minimum Gasteiger partial charge on any atom is -0.446 e. The van der Waals surface area contributed by atoms with Gasteiger partial charge >= 0.3 is 6.09 Å². The van der Waals surface area contributed by atoms with E-state index in [1.54, 1.807) is 0 Å². The number of anilines is 1. The van der Waals surface area contributed by atoms with Crippen LogP contribution < -0.4 is 16.0 Å². The summed E-state index contributed by atoms with van der Waals surface area (Å²) in [7, 11) is 0. The third-order valence-electron chi connectivity index (χ3n) is 7.28. The maximum absolute atomic E-state index is 12.6. The van der Waals surface area contributed by atoms with Crippen molar-refractivity contribution in [3.05, 3.63) is 90.0 Å². The van der Waals surface area contributed by atoms with Gasteiger partial charge in [-0.15, -0.1) is 0 Å². The molecule has 0 atom stereocenters. The number of carbonyl (C=O) groups is 2. The zero-order valence-electron chi connectivity index (χ0n) is 23.5. The van der Waals surface area contributed by atoms with Crippen molar-refractivity contribution in [1.82, 2.24) is 15.5 Å². The molecule has 0 unspecified atom stereocenters. The van der Waals surface area contributed by atoms with Gasteiger partial charge in [-0.2, -0.15) is 0 Å². The monoisotopic (exact) mass is 542 g/mol. The van der Waals surface area contributed by atoms with Crippen LogP contribution in [0.15, 0.2) is 78.9 Å². The van der Waals surface area contributed by atoms with Crippen LogP contribution in [0.3, 0.4) is 0 Å². The van der Waals surface area contributed by atoms with Crippen molar-refractivity contribution in [3.63, 3.8) is 0 Å². The number of aryl methyl sites for hydroxylation is 1. The first-order valence-corrected chi connectivity index (χ1v) is 14.5. The summed E-state index contributed by atoms with van der Waals surface area (Å²) in [5.74, 6) is 0.240. The van der Waals surface area contributed by atoms with Gasteiger partial charge in [0, 0.05) is 44.7 Å². The van der Waals surface area contributed by atoms with Crippen molar-refractivity contribution in [2.24, 2.45) is 0 Å². The second kappa shape index (κ2) is 15.9. The van der Waals surface area contributed by atoms with Crippen LogP contribution in [0.1, 0.15) is 37.3 Å². The molecule has 1 amide bonds. The highest BCUT2D eigenvalue weighted by atomic mass is 16.6. The summed E-state index contributed by atoms with van der Waals surface area (Å²) in [5, 5.41) is 9.55. The summed E-state index contributed by atoms with van der Waals surface area (Å²) in [4.78, 5) is 27.3. The minimum atomic E-state index is -0.411. The van der Waals surface area contributed by atoms with Crippen LogP contribution in [0.4, 0.5) is 10.5 Å². The maximum atomic E-state index is 12.6. The Kier molecular flexibility index (Phi) is 11.7. The van der Waals surface area contributed by atoms with E-state index in [9.17, 15) is 9.59 Å². The van der Waals surface area contributed by atoms with Gasteiger partial charge in [0.05, 0.1) is 12.2 Å². The molecular weight excluding hydrogens is 500 g/mol. The molecule has 0 aliphatic carbocycles. The van der Waals surface area contributed by atoms with Gasteiger partial charge in [0.2, 0.25) is 0 Å². The van der Waals surface area contributed by atoms with Crippen molar-refractivity contribution < 1.29 is 14.3 Å². The van der Waals surface area contributed by atoms with E-state index in [2.05, 4.69) is 52.0 Å². The highest BCUT2D eigenvalue weighted by Crippen LogP contribution is 2.28. The van der Waals surface area contributed by atoms with Crippen LogP contribution in [0, 0.1) is 0 Å². The van der Waals surface area contributed by atoms with E-state index in [-0.39, 0.29) is 11.9 Å². The Hall–Kier alpha value is -3.52. The molecule has 1 fully saturated rings. The number of Topliss-reactive ketones (excluding diaryl/α,β-unsaturated/α-hetero) is 1. The Balaban J connectivity index is 1.08. The number of hydrogen-bond acceptors (Lipinski definition) is 6. The summed E-state index contributed by atoms with van der Waals surface area (Å²) >= 11 is 0. The Morgan fingerprint density at radius 1 is 0.875 bits per heavy atom. The van der Waals surface area contributed by atoms with Crippen LogP contribution in [-0.2, 0) is 22.5 Å². The Bertz CT molecular complexity index is 1190. The first-order chi connectivity index (χ1) is 19.6. The second-order valence-electron chi connectivity index (χ2n) is 10.3. The lowest BCUT2D eigenvalue weighted by Gasteiger charge is -2.31. The highest BCUT2D eigenvalue weighted by Gasteiger charge is 2.22. The molecule has 1 heterocycles. The van der Waals surface area contributed by atoms with Gasteiger partial charge in [-0.1, -0.05) is 79.7 Å². The number of hydrogen-bond donors (Lipinski definition) is 3. The highest BCUT2D eigenvalue weighted by molar-refractivity contribution is 5.91. The van der Waals surface area contributed by atoms with Crippen LogP contribution in [0.2, 0.25) is 0 Å². The molecule has 1 saturated heterocycles. The molecule has 0 radical (unpaired) electrons. The van der Waals surface area contributed by atoms with E-state index in [0.29, 0.717) is 13.0 Å². The van der Waals surface area contributed by atoms with Crippen molar-refractivity contribution in [1.29, 1.82) is 0 Å². The fourth-order valence-electron chi connectivity index (χ4n) is 4.93. The van der Waals surface area contributed by atoms with Crippen molar-refractivity contribution >= 4 is 17.6 Å². The standard InChI is InChI=1S/C33H42N4O3/c1-2-34-24-27-14-12-26(13-15-27)16-17-29(38)25-35-20-23-37-21-18-30(19-22-37)40-33(39)36-32-11-7-6-10-31(32)28-8-4-3-5-9-28/h3-15,30,34-35H,2,16-25H2,1H3,(H,36,39). The third-order valence-corrected chi connectivity index (χ3v) is 7.28. The number of piperidine rings is 1. The van der Waals surface area contributed by atoms with E-state index in [1.807, 2.05) is 54.6 Å². The van der Waals surface area contributed by atoms with Gasteiger partial charge in [0.25, 0.3) is 0 Å². The predicted molar refractivity (Wildman–Crippen MR) is 161 cm³/mol. The number of rotatable bonds is 14. The van der Waals surface area contributed by atoms with Crippen molar-refractivity contribution in [2.75, 3.05) is 44.6 Å². The number of benzene rings is 3. The zero-order chi connectivity index (χ0) is 28.0. The van der Waals surface area contributed by atoms with Crippen LogP contribution in [0.5, 0.6) is 0 Å². The fourth-order valence-corrected chi connectivity index (χ4v) is 4.93. The third kappa shape index (κ3) is 9.59. The molecule has 1 aliphatic heterocycles. The SMILES string of the molecule is CCNCc1ccc(CCC(=O)CNCCN2CCC(OC(=O)Nc3ccccc3-c3ccccc3)CC2)cc1. The number of para-hydroxylation sites is 1.